The maximum atomic E-state index is 10.8. The van der Waals surface area contributed by atoms with Gasteiger partial charge in [-0.1, -0.05) is 0 Å². The van der Waals surface area contributed by atoms with Crippen molar-refractivity contribution in [3.05, 3.63) is 10.6 Å². The van der Waals surface area contributed by atoms with Crippen LogP contribution in [-0.4, -0.2) is 28.2 Å². The Balaban J connectivity index is 2.79. The summed E-state index contributed by atoms with van der Waals surface area (Å²) < 4.78 is 0.352. The van der Waals surface area contributed by atoms with Gasteiger partial charge in [-0.3, -0.25) is 4.79 Å². The minimum atomic E-state index is -0.936. The second-order valence-corrected chi connectivity index (χ2v) is 3.05. The summed E-state index contributed by atoms with van der Waals surface area (Å²) in [6.07, 6.45) is -0.546. The van der Waals surface area contributed by atoms with Crippen molar-refractivity contribution in [2.75, 3.05) is 0 Å². The van der Waals surface area contributed by atoms with Gasteiger partial charge in [-0.15, -0.1) is 0 Å². The number of carbonyl (C=O) groups is 1. The summed E-state index contributed by atoms with van der Waals surface area (Å²) in [7, 11) is 0. The van der Waals surface area contributed by atoms with Crippen molar-refractivity contribution >= 4 is 21.7 Å². The van der Waals surface area contributed by atoms with Crippen molar-refractivity contribution in [2.45, 2.75) is 18.6 Å². The lowest BCUT2D eigenvalue weighted by Crippen LogP contribution is -2.31. The van der Waals surface area contributed by atoms with Crippen LogP contribution in [0.4, 0.5) is 0 Å². The summed E-state index contributed by atoms with van der Waals surface area (Å²) in [4.78, 5) is 10.8. The summed E-state index contributed by atoms with van der Waals surface area (Å²) in [5.74, 6) is -0.169. The van der Waals surface area contributed by atoms with Gasteiger partial charge in [-0.05, 0) is 22.0 Å². The third-order valence-corrected chi connectivity index (χ3v) is 2.08. The molecule has 0 aromatic carbocycles. The Labute approximate surface area is 66.5 Å². The van der Waals surface area contributed by atoms with Crippen LogP contribution in [0.15, 0.2) is 10.6 Å². The second kappa shape index (κ2) is 2.82. The molecule has 0 fully saturated rings. The number of carbonyl (C=O) groups excluding carboxylic acids is 1. The van der Waals surface area contributed by atoms with Gasteiger partial charge in [0, 0.05) is 6.42 Å². The summed E-state index contributed by atoms with van der Waals surface area (Å²) in [6.45, 7) is 0. The highest BCUT2D eigenvalue weighted by molar-refractivity contribution is 9.12. The predicted octanol–water partition coefficient (Wildman–Crippen LogP) is -0.0402. The lowest BCUT2D eigenvalue weighted by molar-refractivity contribution is -0.119. The third kappa shape index (κ3) is 1.45. The second-order valence-electron chi connectivity index (χ2n) is 2.20. The van der Waals surface area contributed by atoms with Crippen LogP contribution in [0.25, 0.3) is 0 Å². The molecular weight excluding hydrogens is 200 g/mol. The number of hydrogen-bond donors (Lipinski definition) is 2. The highest BCUT2D eigenvalue weighted by Gasteiger charge is 2.25. The lowest BCUT2D eigenvalue weighted by atomic mass is 10.0. The van der Waals surface area contributed by atoms with E-state index in [-0.39, 0.29) is 12.2 Å². The molecule has 1 rings (SSSR count). The Morgan fingerprint density at radius 2 is 2.20 bits per heavy atom. The minimum Gasteiger partial charge on any atom is -0.390 e. The van der Waals surface area contributed by atoms with Crippen LogP contribution in [0, 0.1) is 0 Å². The maximum Gasteiger partial charge on any atom is 0.172 e. The normalized spacial score (nSPS) is 33.9. The van der Waals surface area contributed by atoms with Crippen molar-refractivity contribution in [2.24, 2.45) is 0 Å². The van der Waals surface area contributed by atoms with Crippen molar-refractivity contribution in [3.8, 4) is 0 Å². The zero-order valence-corrected chi connectivity index (χ0v) is 6.71. The molecular formula is C6H7BrO3. The molecule has 0 amide bonds. The molecule has 1 aliphatic rings. The van der Waals surface area contributed by atoms with Gasteiger partial charge in [0.05, 0.1) is 16.7 Å². The molecule has 2 unspecified atom stereocenters. The minimum absolute atomic E-state index is 0.00174. The van der Waals surface area contributed by atoms with Crippen LogP contribution in [0.3, 0.4) is 0 Å². The van der Waals surface area contributed by atoms with E-state index in [0.29, 0.717) is 4.48 Å². The Morgan fingerprint density at radius 3 is 2.70 bits per heavy atom. The largest absolute Gasteiger partial charge is 0.390 e. The molecule has 0 aromatic heterocycles. The Kier molecular flexibility index (Phi) is 2.23. The van der Waals surface area contributed by atoms with E-state index in [2.05, 4.69) is 15.9 Å². The molecule has 2 atom stereocenters. The molecule has 10 heavy (non-hydrogen) atoms. The van der Waals surface area contributed by atoms with Gasteiger partial charge in [-0.25, -0.2) is 0 Å². The zero-order chi connectivity index (χ0) is 7.72. The third-order valence-electron chi connectivity index (χ3n) is 1.37. The van der Waals surface area contributed by atoms with Gasteiger partial charge < -0.3 is 10.2 Å². The van der Waals surface area contributed by atoms with Gasteiger partial charge in [-0.2, -0.15) is 0 Å². The van der Waals surface area contributed by atoms with E-state index < -0.39 is 12.2 Å². The smallest absolute Gasteiger partial charge is 0.172 e. The van der Waals surface area contributed by atoms with Gasteiger partial charge >= 0.3 is 0 Å². The highest BCUT2D eigenvalue weighted by atomic mass is 79.9. The zero-order valence-electron chi connectivity index (χ0n) is 5.12. The monoisotopic (exact) mass is 206 g/mol. The lowest BCUT2D eigenvalue weighted by Gasteiger charge is -2.18. The molecule has 0 aromatic rings. The molecule has 3 nitrogen and oxygen atoms in total. The highest BCUT2D eigenvalue weighted by Crippen LogP contribution is 2.19. The van der Waals surface area contributed by atoms with Gasteiger partial charge in [0.1, 0.15) is 0 Å². The molecule has 0 radical (unpaired) electrons. The quantitative estimate of drug-likeness (QED) is 0.585. The van der Waals surface area contributed by atoms with Crippen LogP contribution in [0.5, 0.6) is 0 Å². The van der Waals surface area contributed by atoms with E-state index in [9.17, 15) is 4.79 Å². The van der Waals surface area contributed by atoms with E-state index in [1.165, 1.54) is 6.08 Å². The van der Waals surface area contributed by atoms with Crippen molar-refractivity contribution in [3.63, 3.8) is 0 Å². The van der Waals surface area contributed by atoms with Crippen LogP contribution < -0.4 is 0 Å². The fourth-order valence-electron chi connectivity index (χ4n) is 0.762. The van der Waals surface area contributed by atoms with E-state index in [1.54, 1.807) is 0 Å². The number of halogens is 1. The molecule has 0 heterocycles. The molecule has 0 spiro atoms. The number of ketones is 1. The molecule has 4 heteroatoms. The molecule has 0 saturated carbocycles. The van der Waals surface area contributed by atoms with E-state index >= 15 is 0 Å². The van der Waals surface area contributed by atoms with Gasteiger partial charge in [0.2, 0.25) is 0 Å². The summed E-state index contributed by atoms with van der Waals surface area (Å²) >= 11 is 2.96. The number of aliphatic hydroxyl groups excluding tert-OH is 2. The van der Waals surface area contributed by atoms with E-state index in [1.807, 2.05) is 0 Å². The van der Waals surface area contributed by atoms with Gasteiger partial charge in [0.25, 0.3) is 0 Å². The SMILES string of the molecule is O=C1CC(O)C(O)C=C1Br. The fourth-order valence-corrected chi connectivity index (χ4v) is 1.19. The maximum absolute atomic E-state index is 10.8. The summed E-state index contributed by atoms with van der Waals surface area (Å²) in [5.41, 5.74) is 0. The number of aliphatic hydroxyl groups is 2. The van der Waals surface area contributed by atoms with Crippen molar-refractivity contribution in [1.82, 2.24) is 0 Å². The topological polar surface area (TPSA) is 57.5 Å². The number of hydrogen-bond acceptors (Lipinski definition) is 3. The fraction of sp³-hybridized carbons (Fsp3) is 0.500. The summed E-state index contributed by atoms with van der Waals surface area (Å²) in [5, 5.41) is 17.9. The average molecular weight is 207 g/mol. The van der Waals surface area contributed by atoms with E-state index in [4.69, 9.17) is 10.2 Å². The average Bonchev–Trinajstić information content (AvgIpc) is 1.84. The van der Waals surface area contributed by atoms with Crippen LogP contribution in [0.2, 0.25) is 0 Å². The standard InChI is InChI=1S/C6H7BrO3/c7-3-1-5(9)6(10)2-4(3)8/h1,5-6,9-10H,2H2. The van der Waals surface area contributed by atoms with Crippen LogP contribution in [-0.2, 0) is 4.79 Å². The van der Waals surface area contributed by atoms with Crippen molar-refractivity contribution < 1.29 is 15.0 Å². The molecule has 1 aliphatic carbocycles. The Morgan fingerprint density at radius 1 is 1.60 bits per heavy atom. The van der Waals surface area contributed by atoms with Crippen molar-refractivity contribution in [1.29, 1.82) is 0 Å². The van der Waals surface area contributed by atoms with Crippen LogP contribution in [0.1, 0.15) is 6.42 Å². The van der Waals surface area contributed by atoms with E-state index in [0.717, 1.165) is 0 Å². The molecule has 0 aliphatic heterocycles. The molecule has 2 N–H and O–H groups in total. The Bertz CT molecular complexity index is 187. The number of rotatable bonds is 0. The first-order chi connectivity index (χ1) is 4.61. The number of allylic oxidation sites excluding steroid dienone is 1. The molecule has 56 valence electrons. The number of Topliss-reactive ketones (excluding diaryl/α,β-unsaturated/α-hetero) is 1. The summed E-state index contributed by atoms with van der Waals surface area (Å²) in [6, 6.07) is 0. The molecule has 0 saturated heterocycles. The molecule has 0 bridgehead atoms. The first-order valence-corrected chi connectivity index (χ1v) is 3.67. The first kappa shape index (κ1) is 7.91. The van der Waals surface area contributed by atoms with Gasteiger partial charge in [0.15, 0.2) is 5.78 Å². The van der Waals surface area contributed by atoms with Crippen LogP contribution >= 0.6 is 15.9 Å². The Hall–Kier alpha value is -0.190. The first-order valence-electron chi connectivity index (χ1n) is 2.88. The predicted molar refractivity (Wildman–Crippen MR) is 38.6 cm³/mol.